The molecule has 1 aliphatic heterocycles. The van der Waals surface area contributed by atoms with E-state index in [-0.39, 0.29) is 23.1 Å². The molecule has 0 aliphatic carbocycles. The summed E-state index contributed by atoms with van der Waals surface area (Å²) in [6, 6.07) is 4.49. The number of hydrogen-bond acceptors (Lipinski definition) is 4. The SMILES string of the molecule is COc1ccc(C(=O)O)c(NC(=O)C2CCNC2)c1. The molecule has 19 heavy (non-hydrogen) atoms. The summed E-state index contributed by atoms with van der Waals surface area (Å²) in [6.45, 7) is 1.43. The summed E-state index contributed by atoms with van der Waals surface area (Å²) in [5.41, 5.74) is 0.323. The van der Waals surface area contributed by atoms with Crippen LogP contribution < -0.4 is 15.4 Å². The van der Waals surface area contributed by atoms with Gasteiger partial charge >= 0.3 is 5.97 Å². The Hall–Kier alpha value is -2.08. The number of aromatic carboxylic acids is 1. The highest BCUT2D eigenvalue weighted by Gasteiger charge is 2.23. The largest absolute Gasteiger partial charge is 0.497 e. The zero-order chi connectivity index (χ0) is 13.8. The number of carboxylic acid groups (broad SMARTS) is 1. The van der Waals surface area contributed by atoms with Gasteiger partial charge in [-0.25, -0.2) is 4.79 Å². The average molecular weight is 264 g/mol. The molecule has 0 bridgehead atoms. The summed E-state index contributed by atoms with van der Waals surface area (Å²) < 4.78 is 5.04. The van der Waals surface area contributed by atoms with Gasteiger partial charge in [-0.3, -0.25) is 4.79 Å². The third-order valence-electron chi connectivity index (χ3n) is 3.15. The van der Waals surface area contributed by atoms with Gasteiger partial charge in [0.15, 0.2) is 0 Å². The number of anilines is 1. The van der Waals surface area contributed by atoms with Crippen molar-refractivity contribution in [1.29, 1.82) is 0 Å². The van der Waals surface area contributed by atoms with Crippen LogP contribution in [0.2, 0.25) is 0 Å². The molecule has 1 heterocycles. The molecule has 1 aromatic carbocycles. The van der Waals surface area contributed by atoms with Crippen molar-refractivity contribution in [2.75, 3.05) is 25.5 Å². The summed E-state index contributed by atoms with van der Waals surface area (Å²) in [4.78, 5) is 23.1. The van der Waals surface area contributed by atoms with Gasteiger partial charge in [-0.15, -0.1) is 0 Å². The summed E-state index contributed by atoms with van der Waals surface area (Å²) in [5, 5.41) is 14.9. The summed E-state index contributed by atoms with van der Waals surface area (Å²) >= 11 is 0. The Morgan fingerprint density at radius 2 is 2.26 bits per heavy atom. The van der Waals surface area contributed by atoms with Crippen LogP contribution in [-0.4, -0.2) is 37.2 Å². The number of rotatable bonds is 4. The first-order valence-corrected chi connectivity index (χ1v) is 6.04. The normalized spacial score (nSPS) is 18.1. The second-order valence-electron chi connectivity index (χ2n) is 4.40. The fraction of sp³-hybridized carbons (Fsp3) is 0.385. The molecule has 1 amide bonds. The number of benzene rings is 1. The van der Waals surface area contributed by atoms with Crippen molar-refractivity contribution in [3.63, 3.8) is 0 Å². The first-order chi connectivity index (χ1) is 9.11. The first kappa shape index (κ1) is 13.4. The van der Waals surface area contributed by atoms with Gasteiger partial charge in [-0.2, -0.15) is 0 Å². The number of ether oxygens (including phenoxy) is 1. The highest BCUT2D eigenvalue weighted by Crippen LogP contribution is 2.23. The van der Waals surface area contributed by atoms with E-state index in [0.29, 0.717) is 12.3 Å². The van der Waals surface area contributed by atoms with Gasteiger partial charge in [0.1, 0.15) is 5.75 Å². The minimum atomic E-state index is -1.08. The second kappa shape index (κ2) is 5.71. The first-order valence-electron chi connectivity index (χ1n) is 6.04. The van der Waals surface area contributed by atoms with E-state index in [4.69, 9.17) is 9.84 Å². The Balaban J connectivity index is 2.21. The van der Waals surface area contributed by atoms with E-state index in [1.165, 1.54) is 19.2 Å². The highest BCUT2D eigenvalue weighted by molar-refractivity contribution is 6.01. The molecule has 102 valence electrons. The van der Waals surface area contributed by atoms with E-state index in [9.17, 15) is 9.59 Å². The van der Waals surface area contributed by atoms with Crippen LogP contribution >= 0.6 is 0 Å². The molecule has 0 saturated carbocycles. The number of carbonyl (C=O) groups excluding carboxylic acids is 1. The van der Waals surface area contributed by atoms with Crippen LogP contribution in [0.15, 0.2) is 18.2 Å². The Morgan fingerprint density at radius 1 is 1.47 bits per heavy atom. The predicted molar refractivity (Wildman–Crippen MR) is 69.6 cm³/mol. The maximum absolute atomic E-state index is 12.0. The Kier molecular flexibility index (Phi) is 4.01. The predicted octanol–water partition coefficient (Wildman–Crippen LogP) is 0.941. The molecule has 6 nitrogen and oxygen atoms in total. The summed E-state index contributed by atoms with van der Waals surface area (Å²) in [7, 11) is 1.49. The lowest BCUT2D eigenvalue weighted by molar-refractivity contribution is -0.119. The van der Waals surface area contributed by atoms with Crippen molar-refractivity contribution in [2.45, 2.75) is 6.42 Å². The standard InChI is InChI=1S/C13H16N2O4/c1-19-9-2-3-10(13(17)18)11(6-9)15-12(16)8-4-5-14-7-8/h2-3,6,8,14H,4-5,7H2,1H3,(H,15,16)(H,17,18). The van der Waals surface area contributed by atoms with Crippen LogP contribution in [0.25, 0.3) is 0 Å². The van der Waals surface area contributed by atoms with Crippen molar-refractivity contribution >= 4 is 17.6 Å². The Morgan fingerprint density at radius 3 is 2.84 bits per heavy atom. The molecular formula is C13H16N2O4. The fourth-order valence-electron chi connectivity index (χ4n) is 2.05. The number of hydrogen-bond donors (Lipinski definition) is 3. The molecule has 1 aliphatic rings. The zero-order valence-corrected chi connectivity index (χ0v) is 10.6. The lowest BCUT2D eigenvalue weighted by Crippen LogP contribution is -2.25. The number of amides is 1. The number of methoxy groups -OCH3 is 1. The van der Waals surface area contributed by atoms with E-state index >= 15 is 0 Å². The fourth-order valence-corrected chi connectivity index (χ4v) is 2.05. The van der Waals surface area contributed by atoms with E-state index in [1.54, 1.807) is 6.07 Å². The van der Waals surface area contributed by atoms with Crippen LogP contribution in [0, 0.1) is 5.92 Å². The van der Waals surface area contributed by atoms with Crippen molar-refractivity contribution in [1.82, 2.24) is 5.32 Å². The van der Waals surface area contributed by atoms with Gasteiger partial charge < -0.3 is 20.5 Å². The van der Waals surface area contributed by atoms with Gasteiger partial charge in [0, 0.05) is 12.6 Å². The van der Waals surface area contributed by atoms with E-state index in [0.717, 1.165) is 13.0 Å². The third-order valence-corrected chi connectivity index (χ3v) is 3.15. The van der Waals surface area contributed by atoms with Crippen LogP contribution in [0.3, 0.4) is 0 Å². The van der Waals surface area contributed by atoms with Gasteiger partial charge in [0.25, 0.3) is 0 Å². The molecule has 1 aromatic rings. The van der Waals surface area contributed by atoms with Crippen molar-refractivity contribution in [3.8, 4) is 5.75 Å². The van der Waals surface area contributed by atoms with Crippen LogP contribution in [0.5, 0.6) is 5.75 Å². The molecule has 0 radical (unpaired) electrons. The zero-order valence-electron chi connectivity index (χ0n) is 10.6. The minimum absolute atomic E-state index is 0.0557. The van der Waals surface area contributed by atoms with Gasteiger partial charge in [-0.05, 0) is 25.1 Å². The molecule has 1 saturated heterocycles. The maximum Gasteiger partial charge on any atom is 0.337 e. The molecule has 6 heteroatoms. The maximum atomic E-state index is 12.0. The van der Waals surface area contributed by atoms with Crippen LogP contribution in [0.1, 0.15) is 16.8 Å². The van der Waals surface area contributed by atoms with Gasteiger partial charge in [0.05, 0.1) is 24.3 Å². The molecule has 0 spiro atoms. The van der Waals surface area contributed by atoms with Crippen molar-refractivity contribution in [3.05, 3.63) is 23.8 Å². The molecule has 1 unspecified atom stereocenters. The van der Waals surface area contributed by atoms with Crippen molar-refractivity contribution < 1.29 is 19.4 Å². The van der Waals surface area contributed by atoms with Crippen LogP contribution in [-0.2, 0) is 4.79 Å². The molecule has 1 atom stereocenters. The molecular weight excluding hydrogens is 248 g/mol. The smallest absolute Gasteiger partial charge is 0.337 e. The Bertz CT molecular complexity index is 495. The summed E-state index contributed by atoms with van der Waals surface area (Å²) in [5.74, 6) is -0.860. The molecule has 0 aromatic heterocycles. The van der Waals surface area contributed by atoms with E-state index < -0.39 is 5.97 Å². The molecule has 3 N–H and O–H groups in total. The Labute approximate surface area is 110 Å². The van der Waals surface area contributed by atoms with Gasteiger partial charge in [-0.1, -0.05) is 0 Å². The van der Waals surface area contributed by atoms with E-state index in [2.05, 4.69) is 10.6 Å². The number of nitrogens with one attached hydrogen (secondary N) is 2. The van der Waals surface area contributed by atoms with Crippen LogP contribution in [0.4, 0.5) is 5.69 Å². The summed E-state index contributed by atoms with van der Waals surface area (Å²) in [6.07, 6.45) is 0.762. The average Bonchev–Trinajstić information content (AvgIpc) is 2.92. The second-order valence-corrected chi connectivity index (χ2v) is 4.40. The number of carbonyl (C=O) groups is 2. The lowest BCUT2D eigenvalue weighted by atomic mass is 10.1. The highest BCUT2D eigenvalue weighted by atomic mass is 16.5. The lowest BCUT2D eigenvalue weighted by Gasteiger charge is -2.13. The monoisotopic (exact) mass is 264 g/mol. The molecule has 1 fully saturated rings. The van der Waals surface area contributed by atoms with E-state index in [1.807, 2.05) is 0 Å². The van der Waals surface area contributed by atoms with Gasteiger partial charge in [0.2, 0.25) is 5.91 Å². The number of carboxylic acids is 1. The minimum Gasteiger partial charge on any atom is -0.497 e. The molecule has 2 rings (SSSR count). The third kappa shape index (κ3) is 3.03. The topological polar surface area (TPSA) is 87.7 Å². The quantitative estimate of drug-likeness (QED) is 0.753. The van der Waals surface area contributed by atoms with Crippen molar-refractivity contribution in [2.24, 2.45) is 5.92 Å².